The zero-order valence-corrected chi connectivity index (χ0v) is 9.85. The lowest BCUT2D eigenvalue weighted by molar-refractivity contribution is -0.121. The predicted molar refractivity (Wildman–Crippen MR) is 62.2 cm³/mol. The van der Waals surface area contributed by atoms with Gasteiger partial charge in [0.25, 0.3) is 0 Å². The monoisotopic (exact) mass is 234 g/mol. The highest BCUT2D eigenvalue weighted by molar-refractivity contribution is 6.18. The summed E-state index contributed by atoms with van der Waals surface area (Å²) < 4.78 is 4.81. The first-order chi connectivity index (χ1) is 7.31. The molecule has 5 heteroatoms. The van der Waals surface area contributed by atoms with Crippen molar-refractivity contribution in [2.45, 2.75) is 6.42 Å². The molecule has 0 saturated heterocycles. The van der Waals surface area contributed by atoms with Crippen LogP contribution in [0.5, 0.6) is 0 Å². The van der Waals surface area contributed by atoms with Crippen molar-refractivity contribution in [3.05, 3.63) is 12.2 Å². The number of alkyl halides is 1. The molecule has 0 heterocycles. The number of amides is 1. The number of allylic oxidation sites excluding steroid dienone is 1. The third-order valence-corrected chi connectivity index (χ3v) is 1.85. The molecular formula is C10H19ClN2O2. The van der Waals surface area contributed by atoms with Crippen molar-refractivity contribution in [1.29, 1.82) is 0 Å². The summed E-state index contributed by atoms with van der Waals surface area (Å²) in [6.45, 7) is 2.54. The third-order valence-electron chi connectivity index (χ3n) is 1.68. The van der Waals surface area contributed by atoms with Gasteiger partial charge in [0.2, 0.25) is 5.91 Å². The lowest BCUT2D eigenvalue weighted by Gasteiger charge is -2.04. The van der Waals surface area contributed by atoms with Crippen molar-refractivity contribution in [3.8, 4) is 0 Å². The van der Waals surface area contributed by atoms with Gasteiger partial charge in [0.15, 0.2) is 0 Å². The fourth-order valence-electron chi connectivity index (χ4n) is 0.915. The Labute approximate surface area is 96.0 Å². The molecular weight excluding hydrogens is 216 g/mol. The van der Waals surface area contributed by atoms with Gasteiger partial charge in [-0.05, 0) is 0 Å². The first-order valence-corrected chi connectivity index (χ1v) is 5.52. The van der Waals surface area contributed by atoms with Gasteiger partial charge in [0.05, 0.1) is 6.61 Å². The molecule has 15 heavy (non-hydrogen) atoms. The van der Waals surface area contributed by atoms with Crippen LogP contribution in [0.2, 0.25) is 0 Å². The largest absolute Gasteiger partial charge is 0.383 e. The van der Waals surface area contributed by atoms with Gasteiger partial charge in [-0.2, -0.15) is 0 Å². The van der Waals surface area contributed by atoms with E-state index in [1.165, 1.54) is 0 Å². The van der Waals surface area contributed by atoms with Crippen LogP contribution < -0.4 is 10.6 Å². The fourth-order valence-corrected chi connectivity index (χ4v) is 1.04. The van der Waals surface area contributed by atoms with E-state index >= 15 is 0 Å². The maximum atomic E-state index is 11.2. The molecule has 0 saturated carbocycles. The van der Waals surface area contributed by atoms with Crippen LogP contribution in [0.15, 0.2) is 12.2 Å². The molecule has 0 unspecified atom stereocenters. The second kappa shape index (κ2) is 11.5. The fraction of sp³-hybridized carbons (Fsp3) is 0.700. The van der Waals surface area contributed by atoms with Crippen molar-refractivity contribution in [3.63, 3.8) is 0 Å². The summed E-state index contributed by atoms with van der Waals surface area (Å²) in [6, 6.07) is 0. The van der Waals surface area contributed by atoms with Gasteiger partial charge < -0.3 is 15.4 Å². The molecule has 0 atom stereocenters. The van der Waals surface area contributed by atoms with E-state index in [0.717, 1.165) is 6.54 Å². The average molecular weight is 235 g/mol. The van der Waals surface area contributed by atoms with E-state index in [4.69, 9.17) is 16.3 Å². The van der Waals surface area contributed by atoms with Crippen molar-refractivity contribution in [2.75, 3.05) is 39.2 Å². The summed E-state index contributed by atoms with van der Waals surface area (Å²) >= 11 is 5.45. The lowest BCUT2D eigenvalue weighted by atomic mass is 10.4. The summed E-state index contributed by atoms with van der Waals surface area (Å²) in [4.78, 5) is 11.2. The van der Waals surface area contributed by atoms with Crippen molar-refractivity contribution in [1.82, 2.24) is 10.6 Å². The van der Waals surface area contributed by atoms with Crippen LogP contribution in [0.3, 0.4) is 0 Å². The average Bonchev–Trinajstić information content (AvgIpc) is 2.23. The highest BCUT2D eigenvalue weighted by Crippen LogP contribution is 1.79. The Kier molecular flexibility index (Phi) is 11.1. The standard InChI is InChI=1S/C10H19ClN2O2/c1-15-9-8-13-10(14)4-7-12-6-3-2-5-11/h2-3,12H,4-9H2,1H3,(H,13,14)/b3-2+. The molecule has 0 aromatic rings. The van der Waals surface area contributed by atoms with Crippen LogP contribution in [0, 0.1) is 0 Å². The molecule has 4 nitrogen and oxygen atoms in total. The van der Waals surface area contributed by atoms with Crippen LogP contribution in [0.25, 0.3) is 0 Å². The summed E-state index contributed by atoms with van der Waals surface area (Å²) in [5.41, 5.74) is 0. The smallest absolute Gasteiger partial charge is 0.221 e. The van der Waals surface area contributed by atoms with E-state index in [2.05, 4.69) is 10.6 Å². The Balaban J connectivity index is 3.20. The molecule has 0 rings (SSSR count). The van der Waals surface area contributed by atoms with Gasteiger partial charge in [0.1, 0.15) is 0 Å². The van der Waals surface area contributed by atoms with E-state index in [1.807, 2.05) is 12.2 Å². The molecule has 0 aromatic heterocycles. The van der Waals surface area contributed by atoms with E-state index in [1.54, 1.807) is 7.11 Å². The summed E-state index contributed by atoms with van der Waals surface area (Å²) in [7, 11) is 1.61. The molecule has 0 aliphatic rings. The van der Waals surface area contributed by atoms with Crippen molar-refractivity contribution in [2.24, 2.45) is 0 Å². The molecule has 0 aliphatic carbocycles. The molecule has 0 spiro atoms. The minimum Gasteiger partial charge on any atom is -0.383 e. The summed E-state index contributed by atoms with van der Waals surface area (Å²) in [6.07, 6.45) is 4.29. The number of ether oxygens (including phenoxy) is 1. The number of carbonyl (C=O) groups is 1. The Morgan fingerprint density at radius 2 is 2.20 bits per heavy atom. The van der Waals surface area contributed by atoms with E-state index < -0.39 is 0 Å². The first kappa shape index (κ1) is 14.4. The normalized spacial score (nSPS) is 10.8. The highest BCUT2D eigenvalue weighted by atomic mass is 35.5. The van der Waals surface area contributed by atoms with Crippen LogP contribution >= 0.6 is 11.6 Å². The van der Waals surface area contributed by atoms with Crippen molar-refractivity contribution >= 4 is 17.5 Å². The zero-order valence-electron chi connectivity index (χ0n) is 9.09. The zero-order chi connectivity index (χ0) is 11.4. The lowest BCUT2D eigenvalue weighted by Crippen LogP contribution is -2.30. The van der Waals surface area contributed by atoms with Crippen LogP contribution in [-0.4, -0.2) is 45.1 Å². The van der Waals surface area contributed by atoms with Gasteiger partial charge in [-0.3, -0.25) is 4.79 Å². The van der Waals surface area contributed by atoms with Gasteiger partial charge in [-0.25, -0.2) is 0 Å². The van der Waals surface area contributed by atoms with E-state index in [0.29, 0.717) is 32.0 Å². The molecule has 1 amide bonds. The van der Waals surface area contributed by atoms with E-state index in [9.17, 15) is 4.79 Å². The molecule has 0 aromatic carbocycles. The van der Waals surface area contributed by atoms with Gasteiger partial charge >= 0.3 is 0 Å². The Morgan fingerprint density at radius 1 is 1.40 bits per heavy atom. The SMILES string of the molecule is COCCNC(=O)CCNC/C=C/CCl. The molecule has 0 bridgehead atoms. The van der Waals surface area contributed by atoms with Gasteiger partial charge in [-0.15, -0.1) is 11.6 Å². The van der Waals surface area contributed by atoms with Crippen LogP contribution in [0.1, 0.15) is 6.42 Å². The number of carbonyl (C=O) groups excluding carboxylic acids is 1. The Bertz CT molecular complexity index is 186. The number of nitrogens with one attached hydrogen (secondary N) is 2. The first-order valence-electron chi connectivity index (χ1n) is 4.98. The summed E-state index contributed by atoms with van der Waals surface area (Å²) in [5, 5.41) is 5.85. The second-order valence-corrected chi connectivity index (χ2v) is 3.23. The highest BCUT2D eigenvalue weighted by Gasteiger charge is 1.98. The number of methoxy groups -OCH3 is 1. The number of hydrogen-bond acceptors (Lipinski definition) is 3. The Morgan fingerprint density at radius 3 is 2.87 bits per heavy atom. The minimum absolute atomic E-state index is 0.0425. The molecule has 2 N–H and O–H groups in total. The predicted octanol–water partition coefficient (Wildman–Crippen LogP) is 0.524. The number of rotatable bonds is 9. The summed E-state index contributed by atoms with van der Waals surface area (Å²) in [5.74, 6) is 0.569. The maximum Gasteiger partial charge on any atom is 0.221 e. The maximum absolute atomic E-state index is 11.2. The minimum atomic E-state index is 0.0425. The number of hydrogen-bond donors (Lipinski definition) is 2. The van der Waals surface area contributed by atoms with Crippen molar-refractivity contribution < 1.29 is 9.53 Å². The van der Waals surface area contributed by atoms with Gasteiger partial charge in [-0.1, -0.05) is 12.2 Å². The topological polar surface area (TPSA) is 50.4 Å². The quantitative estimate of drug-likeness (QED) is 0.348. The third kappa shape index (κ3) is 11.3. The Hall–Kier alpha value is -0.580. The molecule has 0 fully saturated rings. The second-order valence-electron chi connectivity index (χ2n) is 2.92. The van der Waals surface area contributed by atoms with Crippen LogP contribution in [0.4, 0.5) is 0 Å². The molecule has 0 aliphatic heterocycles. The molecule has 88 valence electrons. The molecule has 0 radical (unpaired) electrons. The van der Waals surface area contributed by atoms with Gasteiger partial charge in [0, 0.05) is 39.0 Å². The number of halogens is 1. The van der Waals surface area contributed by atoms with Crippen LogP contribution in [-0.2, 0) is 9.53 Å². The van der Waals surface area contributed by atoms with E-state index in [-0.39, 0.29) is 5.91 Å².